The third kappa shape index (κ3) is 4.95. The van der Waals surface area contributed by atoms with E-state index in [-0.39, 0.29) is 5.69 Å². The Kier molecular flexibility index (Phi) is 6.11. The summed E-state index contributed by atoms with van der Waals surface area (Å²) in [6.07, 6.45) is 1.69. The molecule has 1 aromatic carbocycles. The van der Waals surface area contributed by atoms with Gasteiger partial charge in [-0.15, -0.1) is 15.3 Å². The van der Waals surface area contributed by atoms with Gasteiger partial charge in [0.05, 0.1) is 6.54 Å². The third-order valence-corrected chi connectivity index (χ3v) is 6.43. The van der Waals surface area contributed by atoms with Crippen molar-refractivity contribution in [2.24, 2.45) is 0 Å². The topological polar surface area (TPSA) is 77.1 Å². The molecule has 0 fully saturated rings. The van der Waals surface area contributed by atoms with E-state index >= 15 is 0 Å². The molecule has 4 rings (SSSR count). The highest BCUT2D eigenvalue weighted by Crippen LogP contribution is 2.30. The smallest absolute Gasteiger partial charge is 0.330 e. The molecule has 0 bridgehead atoms. The van der Waals surface area contributed by atoms with Gasteiger partial charge in [-0.2, -0.15) is 8.78 Å². The molecule has 0 aliphatic heterocycles. The Balaban J connectivity index is 1.32. The molecule has 0 unspecified atom stereocenters. The van der Waals surface area contributed by atoms with Crippen LogP contribution in [0.3, 0.4) is 0 Å². The summed E-state index contributed by atoms with van der Waals surface area (Å²) in [5.74, 6) is -1.81. The second-order valence-electron chi connectivity index (χ2n) is 5.68. The maximum Gasteiger partial charge on any atom is 0.350 e. The third-order valence-electron chi connectivity index (χ3n) is 3.75. The predicted octanol–water partition coefficient (Wildman–Crippen LogP) is 4.20. The highest BCUT2D eigenvalue weighted by Gasteiger charge is 2.09. The molecule has 4 aromatic rings. The summed E-state index contributed by atoms with van der Waals surface area (Å²) in [4.78, 5) is 12.7. The first-order valence-electron chi connectivity index (χ1n) is 8.41. The first-order valence-corrected chi connectivity index (χ1v) is 11.1. The molecule has 0 amide bonds. The molecule has 0 atom stereocenters. The van der Waals surface area contributed by atoms with Gasteiger partial charge in [0.15, 0.2) is 9.99 Å². The van der Waals surface area contributed by atoms with Crippen molar-refractivity contribution in [1.82, 2.24) is 24.4 Å². The number of fused-ring (bicyclic) bond motifs is 1. The summed E-state index contributed by atoms with van der Waals surface area (Å²) >= 11 is 3.37. The number of nitrogens with zero attached hydrogens (tertiary/aromatic N) is 5. The SMILES string of the molecule is O=c1n(CCSc2nnc(Nc3ccc(SC(F)F)cc3)s2)nc2ccccn12. The van der Waals surface area contributed by atoms with Crippen LogP contribution in [0.5, 0.6) is 0 Å². The summed E-state index contributed by atoms with van der Waals surface area (Å²) in [6.45, 7) is 0.455. The average Bonchev–Trinajstić information content (AvgIpc) is 3.28. The average molecular weight is 453 g/mol. The van der Waals surface area contributed by atoms with Crippen molar-refractivity contribution < 1.29 is 8.78 Å². The van der Waals surface area contributed by atoms with Crippen LogP contribution >= 0.6 is 34.9 Å². The Morgan fingerprint density at radius 2 is 1.97 bits per heavy atom. The quantitative estimate of drug-likeness (QED) is 0.402. The number of benzene rings is 1. The largest absolute Gasteiger partial charge is 0.350 e. The van der Waals surface area contributed by atoms with E-state index in [0.717, 1.165) is 10.0 Å². The van der Waals surface area contributed by atoms with E-state index in [1.807, 2.05) is 6.07 Å². The lowest BCUT2D eigenvalue weighted by Gasteiger charge is -2.03. The molecule has 1 N–H and O–H groups in total. The molecule has 0 saturated carbocycles. The summed E-state index contributed by atoms with van der Waals surface area (Å²) in [6, 6.07) is 12.1. The Bertz CT molecular complexity index is 1160. The van der Waals surface area contributed by atoms with Gasteiger partial charge in [0.1, 0.15) is 0 Å². The molecule has 7 nitrogen and oxygen atoms in total. The normalized spacial score (nSPS) is 11.4. The van der Waals surface area contributed by atoms with Crippen LogP contribution < -0.4 is 11.0 Å². The van der Waals surface area contributed by atoms with Crippen LogP contribution in [0, 0.1) is 0 Å². The molecular formula is C17H14F2N6OS3. The predicted molar refractivity (Wildman–Crippen MR) is 112 cm³/mol. The van der Waals surface area contributed by atoms with Crippen molar-refractivity contribution in [1.29, 1.82) is 0 Å². The lowest BCUT2D eigenvalue weighted by molar-refractivity contribution is 0.252. The van der Waals surface area contributed by atoms with Gasteiger partial charge >= 0.3 is 5.69 Å². The molecule has 0 aliphatic rings. The highest BCUT2D eigenvalue weighted by atomic mass is 32.2. The van der Waals surface area contributed by atoms with E-state index in [2.05, 4.69) is 20.6 Å². The first-order chi connectivity index (χ1) is 14.1. The van der Waals surface area contributed by atoms with Crippen LogP contribution in [0.15, 0.2) is 62.7 Å². The van der Waals surface area contributed by atoms with Crippen LogP contribution in [-0.2, 0) is 6.54 Å². The molecule has 150 valence electrons. The van der Waals surface area contributed by atoms with Crippen LogP contribution in [0.25, 0.3) is 5.65 Å². The van der Waals surface area contributed by atoms with Crippen molar-refractivity contribution in [3.05, 3.63) is 59.1 Å². The van der Waals surface area contributed by atoms with E-state index in [1.165, 1.54) is 32.2 Å². The minimum Gasteiger partial charge on any atom is -0.330 e. The number of alkyl halides is 2. The number of nitrogens with one attached hydrogen (secondary N) is 1. The van der Waals surface area contributed by atoms with Crippen molar-refractivity contribution in [2.45, 2.75) is 21.5 Å². The fourth-order valence-corrected chi connectivity index (χ4v) is 4.75. The van der Waals surface area contributed by atoms with Gasteiger partial charge in [0, 0.05) is 22.5 Å². The zero-order valence-electron chi connectivity index (χ0n) is 14.7. The van der Waals surface area contributed by atoms with Gasteiger partial charge < -0.3 is 5.32 Å². The van der Waals surface area contributed by atoms with Crippen LogP contribution in [0.1, 0.15) is 0 Å². The summed E-state index contributed by atoms with van der Waals surface area (Å²) in [5.41, 5.74) is 1.18. The second kappa shape index (κ2) is 8.93. The first kappa shape index (κ1) is 19.9. The van der Waals surface area contributed by atoms with Crippen molar-refractivity contribution >= 4 is 51.3 Å². The van der Waals surface area contributed by atoms with Gasteiger partial charge in [0.25, 0.3) is 5.76 Å². The standard InChI is InChI=1S/C17H14F2N6OS3/c18-14(19)28-12-6-4-11(5-7-12)20-15-21-22-16(29-15)27-10-9-25-17(26)24-8-2-1-3-13(24)23-25/h1-8,14H,9-10H2,(H,20,21). The van der Waals surface area contributed by atoms with Gasteiger partial charge in [-0.25, -0.2) is 9.48 Å². The number of aryl methyl sites for hydroxylation is 1. The summed E-state index contributed by atoms with van der Waals surface area (Å²) in [7, 11) is 0. The number of rotatable bonds is 8. The second-order valence-corrected chi connectivity index (χ2v) is 9.07. The van der Waals surface area contributed by atoms with Crippen LogP contribution in [0.4, 0.5) is 19.6 Å². The van der Waals surface area contributed by atoms with Crippen molar-refractivity contribution in [3.8, 4) is 0 Å². The fraction of sp³-hybridized carbons (Fsp3) is 0.176. The maximum absolute atomic E-state index is 12.4. The lowest BCUT2D eigenvalue weighted by Crippen LogP contribution is -2.21. The molecule has 3 aromatic heterocycles. The lowest BCUT2D eigenvalue weighted by atomic mass is 10.3. The zero-order chi connectivity index (χ0) is 20.2. The van der Waals surface area contributed by atoms with Gasteiger partial charge in [0.2, 0.25) is 5.13 Å². The molecule has 0 spiro atoms. The van der Waals surface area contributed by atoms with Crippen molar-refractivity contribution in [2.75, 3.05) is 11.1 Å². The molecule has 3 heterocycles. The van der Waals surface area contributed by atoms with E-state index in [4.69, 9.17) is 0 Å². The van der Waals surface area contributed by atoms with Crippen LogP contribution in [-0.4, -0.2) is 35.9 Å². The zero-order valence-corrected chi connectivity index (χ0v) is 17.2. The van der Waals surface area contributed by atoms with Gasteiger partial charge in [-0.05, 0) is 36.4 Å². The Hall–Kier alpha value is -2.44. The molecule has 0 aliphatic carbocycles. The van der Waals surface area contributed by atoms with Crippen LogP contribution in [0.2, 0.25) is 0 Å². The number of pyridine rings is 1. The Morgan fingerprint density at radius 3 is 2.72 bits per heavy atom. The van der Waals surface area contributed by atoms with E-state index in [9.17, 15) is 13.6 Å². The van der Waals surface area contributed by atoms with Gasteiger partial charge in [-0.1, -0.05) is 40.9 Å². The van der Waals surface area contributed by atoms with Gasteiger partial charge in [-0.3, -0.25) is 4.40 Å². The van der Waals surface area contributed by atoms with Crippen molar-refractivity contribution in [3.63, 3.8) is 0 Å². The monoisotopic (exact) mass is 452 g/mol. The Labute approximate surface area is 176 Å². The summed E-state index contributed by atoms with van der Waals surface area (Å²) in [5, 5.41) is 16.2. The number of anilines is 2. The number of aromatic nitrogens is 5. The summed E-state index contributed by atoms with van der Waals surface area (Å²) < 4.78 is 28.4. The molecule has 0 saturated heterocycles. The van der Waals surface area contributed by atoms with E-state index < -0.39 is 5.76 Å². The minimum atomic E-state index is -2.44. The number of halogens is 2. The maximum atomic E-state index is 12.4. The molecule has 0 radical (unpaired) electrons. The van der Waals surface area contributed by atoms with E-state index in [0.29, 0.717) is 39.7 Å². The Morgan fingerprint density at radius 1 is 1.14 bits per heavy atom. The number of thioether (sulfide) groups is 2. The number of hydrogen-bond donors (Lipinski definition) is 1. The number of hydrogen-bond acceptors (Lipinski definition) is 8. The fourth-order valence-electron chi connectivity index (χ4n) is 2.49. The highest BCUT2D eigenvalue weighted by molar-refractivity contribution is 8.01. The van der Waals surface area contributed by atoms with E-state index in [1.54, 1.807) is 42.6 Å². The molecule has 29 heavy (non-hydrogen) atoms. The molecular weight excluding hydrogens is 438 g/mol. The molecule has 12 heteroatoms. The minimum absolute atomic E-state index is 0.172.